The van der Waals surface area contributed by atoms with Crippen LogP contribution < -0.4 is 15.4 Å². The molecule has 24 heavy (non-hydrogen) atoms. The highest BCUT2D eigenvalue weighted by Crippen LogP contribution is 2.17. The Balaban J connectivity index is 1.48. The van der Waals surface area contributed by atoms with Gasteiger partial charge in [0.05, 0.1) is 19.3 Å². The maximum absolute atomic E-state index is 12.2. The molecule has 0 saturated carbocycles. The number of carbonyl (C=O) groups is 1. The van der Waals surface area contributed by atoms with Crippen LogP contribution in [0.5, 0.6) is 5.75 Å². The van der Waals surface area contributed by atoms with Gasteiger partial charge in [-0.05, 0) is 50.0 Å². The molecule has 1 aliphatic rings. The van der Waals surface area contributed by atoms with Crippen molar-refractivity contribution in [1.82, 2.24) is 25.6 Å². The minimum atomic E-state index is -0.177. The Hall–Kier alpha value is -2.41. The Morgan fingerprint density at radius 2 is 2.08 bits per heavy atom. The normalized spacial score (nSPS) is 15.2. The molecule has 7 heteroatoms. The van der Waals surface area contributed by atoms with E-state index in [1.54, 1.807) is 13.3 Å². The molecule has 1 aliphatic heterocycles. The van der Waals surface area contributed by atoms with Crippen LogP contribution in [0.25, 0.3) is 0 Å². The number of piperidine rings is 1. The molecule has 2 aromatic rings. The van der Waals surface area contributed by atoms with Crippen molar-refractivity contribution in [3.8, 4) is 5.75 Å². The van der Waals surface area contributed by atoms with E-state index < -0.39 is 0 Å². The van der Waals surface area contributed by atoms with Crippen LogP contribution in [0.1, 0.15) is 34.9 Å². The van der Waals surface area contributed by atoms with Crippen molar-refractivity contribution >= 4 is 5.91 Å². The van der Waals surface area contributed by atoms with Crippen molar-refractivity contribution in [3.05, 3.63) is 41.7 Å². The molecule has 7 nitrogen and oxygen atoms in total. The number of amides is 1. The van der Waals surface area contributed by atoms with Crippen molar-refractivity contribution in [2.45, 2.75) is 25.3 Å². The summed E-state index contributed by atoms with van der Waals surface area (Å²) in [6.07, 6.45) is 4.54. The summed E-state index contributed by atoms with van der Waals surface area (Å²) in [7, 11) is 1.65. The summed E-state index contributed by atoms with van der Waals surface area (Å²) in [5, 5.41) is 14.3. The summed E-state index contributed by atoms with van der Waals surface area (Å²) < 4.78 is 6.95. The number of ether oxygens (including phenoxy) is 1. The summed E-state index contributed by atoms with van der Waals surface area (Å²) in [5.41, 5.74) is 1.53. The quantitative estimate of drug-likeness (QED) is 0.832. The van der Waals surface area contributed by atoms with Gasteiger partial charge in [-0.15, -0.1) is 5.10 Å². The summed E-state index contributed by atoms with van der Waals surface area (Å²) in [5.74, 6) is 0.654. The van der Waals surface area contributed by atoms with Gasteiger partial charge in [0, 0.05) is 6.54 Å². The number of rotatable bonds is 6. The van der Waals surface area contributed by atoms with Crippen molar-refractivity contribution in [1.29, 1.82) is 0 Å². The van der Waals surface area contributed by atoms with Gasteiger partial charge in [-0.2, -0.15) is 0 Å². The molecule has 2 heterocycles. The van der Waals surface area contributed by atoms with E-state index in [2.05, 4.69) is 20.9 Å². The molecule has 0 radical (unpaired) electrons. The van der Waals surface area contributed by atoms with Crippen molar-refractivity contribution in [2.75, 3.05) is 26.7 Å². The van der Waals surface area contributed by atoms with Crippen LogP contribution in [0.2, 0.25) is 0 Å². The zero-order chi connectivity index (χ0) is 16.8. The van der Waals surface area contributed by atoms with Crippen molar-refractivity contribution in [3.63, 3.8) is 0 Å². The lowest BCUT2D eigenvalue weighted by molar-refractivity contribution is 0.0949. The van der Waals surface area contributed by atoms with Crippen molar-refractivity contribution < 1.29 is 9.53 Å². The van der Waals surface area contributed by atoms with E-state index >= 15 is 0 Å². The zero-order valence-corrected chi connectivity index (χ0v) is 13.9. The Morgan fingerprint density at radius 1 is 1.33 bits per heavy atom. The SMILES string of the molecule is COc1ccc(CCNC(=O)c2cn(C3CCNCC3)nn2)cc1. The maximum atomic E-state index is 12.2. The first-order valence-corrected chi connectivity index (χ1v) is 8.30. The topological polar surface area (TPSA) is 81.1 Å². The highest BCUT2D eigenvalue weighted by molar-refractivity contribution is 5.91. The second kappa shape index (κ2) is 7.92. The largest absolute Gasteiger partial charge is 0.497 e. The predicted molar refractivity (Wildman–Crippen MR) is 90.2 cm³/mol. The van der Waals surface area contributed by atoms with Gasteiger partial charge in [0.25, 0.3) is 5.91 Å². The number of nitrogens with zero attached hydrogens (tertiary/aromatic N) is 3. The standard InChI is InChI=1S/C17H23N5O2/c1-24-15-4-2-13(3-5-15)6-11-19-17(23)16-12-22(21-20-16)14-7-9-18-10-8-14/h2-5,12,14,18H,6-11H2,1H3,(H,19,23). The molecule has 1 aromatic carbocycles. The van der Waals surface area contributed by atoms with Crippen LogP contribution >= 0.6 is 0 Å². The molecule has 1 amide bonds. The number of carbonyl (C=O) groups excluding carboxylic acids is 1. The molecule has 1 saturated heterocycles. The van der Waals surface area contributed by atoms with Gasteiger partial charge in [0.15, 0.2) is 5.69 Å². The Kier molecular flexibility index (Phi) is 5.43. The highest BCUT2D eigenvalue weighted by atomic mass is 16.5. The number of benzene rings is 1. The third-order valence-electron chi connectivity index (χ3n) is 4.28. The van der Waals surface area contributed by atoms with Crippen LogP contribution in [0.3, 0.4) is 0 Å². The zero-order valence-electron chi connectivity index (χ0n) is 13.9. The summed E-state index contributed by atoms with van der Waals surface area (Å²) in [6, 6.07) is 8.17. The lowest BCUT2D eigenvalue weighted by atomic mass is 10.1. The van der Waals surface area contributed by atoms with Gasteiger partial charge < -0.3 is 15.4 Å². The number of methoxy groups -OCH3 is 1. The fourth-order valence-electron chi connectivity index (χ4n) is 2.83. The Bertz CT molecular complexity index is 662. The number of nitrogens with one attached hydrogen (secondary N) is 2. The molecule has 3 rings (SSSR count). The fourth-order valence-corrected chi connectivity index (χ4v) is 2.83. The number of aromatic nitrogens is 3. The average Bonchev–Trinajstić information content (AvgIpc) is 3.13. The number of hydrogen-bond acceptors (Lipinski definition) is 5. The van der Waals surface area contributed by atoms with E-state index in [1.165, 1.54) is 0 Å². The van der Waals surface area contributed by atoms with E-state index in [4.69, 9.17) is 4.74 Å². The van der Waals surface area contributed by atoms with Gasteiger partial charge in [-0.25, -0.2) is 4.68 Å². The summed E-state index contributed by atoms with van der Waals surface area (Å²) >= 11 is 0. The fraction of sp³-hybridized carbons (Fsp3) is 0.471. The van der Waals surface area contributed by atoms with Crippen LogP contribution in [0, 0.1) is 0 Å². The second-order valence-electron chi connectivity index (χ2n) is 5.92. The molecule has 0 aliphatic carbocycles. The van der Waals surface area contributed by atoms with Crippen molar-refractivity contribution in [2.24, 2.45) is 0 Å². The minimum Gasteiger partial charge on any atom is -0.497 e. The molecule has 0 bridgehead atoms. The van der Waals surface area contributed by atoms with Crippen LogP contribution in [-0.2, 0) is 6.42 Å². The van der Waals surface area contributed by atoms with Gasteiger partial charge >= 0.3 is 0 Å². The summed E-state index contributed by atoms with van der Waals surface area (Å²) in [6.45, 7) is 2.52. The van der Waals surface area contributed by atoms with Crippen LogP contribution in [-0.4, -0.2) is 47.6 Å². The van der Waals surface area contributed by atoms with Crippen LogP contribution in [0.15, 0.2) is 30.5 Å². The Labute approximate surface area is 141 Å². The number of hydrogen-bond donors (Lipinski definition) is 2. The van der Waals surface area contributed by atoms with Gasteiger partial charge in [-0.1, -0.05) is 17.3 Å². The molecule has 0 atom stereocenters. The van der Waals surface area contributed by atoms with Gasteiger partial charge in [0.2, 0.25) is 0 Å². The van der Waals surface area contributed by atoms with E-state index in [0.717, 1.165) is 43.7 Å². The first kappa shape index (κ1) is 16.4. The predicted octanol–water partition coefficient (Wildman–Crippen LogP) is 1.18. The van der Waals surface area contributed by atoms with E-state index in [9.17, 15) is 4.79 Å². The van der Waals surface area contributed by atoms with Gasteiger partial charge in [-0.3, -0.25) is 4.79 Å². The molecule has 1 aromatic heterocycles. The van der Waals surface area contributed by atoms with E-state index in [0.29, 0.717) is 18.3 Å². The third-order valence-corrected chi connectivity index (χ3v) is 4.28. The average molecular weight is 329 g/mol. The first-order valence-electron chi connectivity index (χ1n) is 8.30. The van der Waals surface area contributed by atoms with Crippen LogP contribution in [0.4, 0.5) is 0 Å². The lowest BCUT2D eigenvalue weighted by Gasteiger charge is -2.22. The molecule has 1 fully saturated rings. The third kappa shape index (κ3) is 4.11. The molecule has 128 valence electrons. The molecule has 0 spiro atoms. The molecule has 0 unspecified atom stereocenters. The first-order chi connectivity index (χ1) is 11.8. The minimum absolute atomic E-state index is 0.177. The van der Waals surface area contributed by atoms with E-state index in [-0.39, 0.29) is 5.91 Å². The molecule has 2 N–H and O–H groups in total. The van der Waals surface area contributed by atoms with E-state index in [1.807, 2.05) is 28.9 Å². The molecular formula is C17H23N5O2. The lowest BCUT2D eigenvalue weighted by Crippen LogP contribution is -2.29. The summed E-state index contributed by atoms with van der Waals surface area (Å²) in [4.78, 5) is 12.2. The van der Waals surface area contributed by atoms with Gasteiger partial charge in [0.1, 0.15) is 5.75 Å². The second-order valence-corrected chi connectivity index (χ2v) is 5.92. The monoisotopic (exact) mass is 329 g/mol. The maximum Gasteiger partial charge on any atom is 0.273 e. The highest BCUT2D eigenvalue weighted by Gasteiger charge is 2.18. The Morgan fingerprint density at radius 3 is 2.79 bits per heavy atom. The smallest absolute Gasteiger partial charge is 0.273 e. The molecular weight excluding hydrogens is 306 g/mol.